The smallest absolute Gasteiger partial charge is 0.223 e. The van der Waals surface area contributed by atoms with Crippen molar-refractivity contribution in [3.8, 4) is 0 Å². The number of amides is 1. The molecule has 2 bridgehead atoms. The predicted molar refractivity (Wildman–Crippen MR) is 43.2 cm³/mol. The Morgan fingerprint density at radius 1 is 1.08 bits per heavy atom. The third-order valence-electron chi connectivity index (χ3n) is 3.68. The van der Waals surface area contributed by atoms with Gasteiger partial charge in [0.15, 0.2) is 0 Å². The SMILES string of the molecule is NC(=O)C12CCC(F)(CC1)CC2. The third kappa shape index (κ3) is 0.952. The van der Waals surface area contributed by atoms with Crippen molar-refractivity contribution in [3.05, 3.63) is 0 Å². The van der Waals surface area contributed by atoms with Gasteiger partial charge in [0.2, 0.25) is 5.91 Å². The summed E-state index contributed by atoms with van der Waals surface area (Å²) in [6, 6.07) is 0. The van der Waals surface area contributed by atoms with Crippen LogP contribution < -0.4 is 5.73 Å². The average molecular weight is 171 g/mol. The summed E-state index contributed by atoms with van der Waals surface area (Å²) in [7, 11) is 0. The number of hydrogen-bond donors (Lipinski definition) is 1. The van der Waals surface area contributed by atoms with Crippen molar-refractivity contribution in [2.75, 3.05) is 0 Å². The maximum Gasteiger partial charge on any atom is 0.223 e. The van der Waals surface area contributed by atoms with E-state index in [1.165, 1.54) is 0 Å². The standard InChI is InChI=1S/C9H14FNO/c10-9-4-1-8(2-5-9,3-6-9)7(11)12/h1-6H2,(H2,11,12). The van der Waals surface area contributed by atoms with Gasteiger partial charge in [-0.15, -0.1) is 0 Å². The van der Waals surface area contributed by atoms with Crippen LogP contribution in [0.1, 0.15) is 38.5 Å². The Labute approximate surface area is 71.3 Å². The molecule has 68 valence electrons. The second-order valence-electron chi connectivity index (χ2n) is 4.30. The van der Waals surface area contributed by atoms with Crippen LogP contribution in [0.3, 0.4) is 0 Å². The molecular formula is C9H14FNO. The van der Waals surface area contributed by atoms with Crippen LogP contribution in [0.4, 0.5) is 4.39 Å². The first-order valence-corrected chi connectivity index (χ1v) is 4.55. The lowest BCUT2D eigenvalue weighted by atomic mass is 9.59. The van der Waals surface area contributed by atoms with E-state index in [9.17, 15) is 9.18 Å². The summed E-state index contributed by atoms with van der Waals surface area (Å²) in [4.78, 5) is 11.1. The van der Waals surface area contributed by atoms with Crippen LogP contribution in [0.15, 0.2) is 0 Å². The van der Waals surface area contributed by atoms with E-state index in [0.29, 0.717) is 38.5 Å². The van der Waals surface area contributed by atoms with Gasteiger partial charge in [-0.3, -0.25) is 4.79 Å². The topological polar surface area (TPSA) is 43.1 Å². The highest BCUT2D eigenvalue weighted by atomic mass is 19.1. The van der Waals surface area contributed by atoms with E-state index in [2.05, 4.69) is 0 Å². The van der Waals surface area contributed by atoms with Gasteiger partial charge >= 0.3 is 0 Å². The summed E-state index contributed by atoms with van der Waals surface area (Å²) in [5.74, 6) is -0.218. The van der Waals surface area contributed by atoms with Crippen LogP contribution in [0.2, 0.25) is 0 Å². The van der Waals surface area contributed by atoms with Crippen molar-refractivity contribution >= 4 is 5.91 Å². The van der Waals surface area contributed by atoms with Crippen molar-refractivity contribution in [3.63, 3.8) is 0 Å². The van der Waals surface area contributed by atoms with E-state index in [0.717, 1.165) is 0 Å². The average Bonchev–Trinajstić information content (AvgIpc) is 2.06. The minimum atomic E-state index is -0.961. The molecule has 0 unspecified atom stereocenters. The van der Waals surface area contributed by atoms with Gasteiger partial charge in [-0.2, -0.15) is 0 Å². The summed E-state index contributed by atoms with van der Waals surface area (Å²) >= 11 is 0. The molecule has 2 N–H and O–H groups in total. The lowest BCUT2D eigenvalue weighted by molar-refractivity contribution is -0.137. The number of carbonyl (C=O) groups is 1. The molecule has 3 rings (SSSR count). The van der Waals surface area contributed by atoms with Crippen LogP contribution in [-0.4, -0.2) is 11.6 Å². The number of carbonyl (C=O) groups excluding carboxylic acids is 1. The Hall–Kier alpha value is -0.600. The Balaban J connectivity index is 2.20. The molecule has 3 saturated carbocycles. The van der Waals surface area contributed by atoms with Crippen LogP contribution in [0.25, 0.3) is 0 Å². The van der Waals surface area contributed by atoms with Crippen molar-refractivity contribution in [2.45, 2.75) is 44.2 Å². The Kier molecular flexibility index (Phi) is 1.48. The summed E-state index contributed by atoms with van der Waals surface area (Å²) < 4.78 is 13.6. The van der Waals surface area contributed by atoms with Crippen molar-refractivity contribution in [1.82, 2.24) is 0 Å². The predicted octanol–water partition coefficient (Wildman–Crippen LogP) is 1.53. The number of halogens is 1. The van der Waals surface area contributed by atoms with E-state index < -0.39 is 5.67 Å². The highest BCUT2D eigenvalue weighted by Crippen LogP contribution is 2.53. The molecule has 12 heavy (non-hydrogen) atoms. The highest BCUT2D eigenvalue weighted by molar-refractivity contribution is 5.81. The lowest BCUT2D eigenvalue weighted by Crippen LogP contribution is -2.49. The first-order chi connectivity index (χ1) is 5.56. The van der Waals surface area contributed by atoms with E-state index in [-0.39, 0.29) is 11.3 Å². The first-order valence-electron chi connectivity index (χ1n) is 4.55. The zero-order chi connectivity index (χ0) is 8.82. The molecule has 3 fully saturated rings. The largest absolute Gasteiger partial charge is 0.369 e. The molecular weight excluding hydrogens is 157 g/mol. The van der Waals surface area contributed by atoms with Gasteiger partial charge in [0, 0.05) is 5.41 Å². The Morgan fingerprint density at radius 3 is 1.83 bits per heavy atom. The summed E-state index contributed by atoms with van der Waals surface area (Å²) in [5, 5.41) is 0. The number of primary amides is 1. The molecule has 3 aliphatic rings. The number of alkyl halides is 1. The van der Waals surface area contributed by atoms with Crippen molar-refractivity contribution < 1.29 is 9.18 Å². The Morgan fingerprint density at radius 2 is 1.50 bits per heavy atom. The van der Waals surface area contributed by atoms with Gasteiger partial charge in [-0.05, 0) is 38.5 Å². The quantitative estimate of drug-likeness (QED) is 0.638. The molecule has 3 aliphatic carbocycles. The fraction of sp³-hybridized carbons (Fsp3) is 0.889. The maximum absolute atomic E-state index is 13.6. The third-order valence-corrected chi connectivity index (χ3v) is 3.68. The second-order valence-corrected chi connectivity index (χ2v) is 4.30. The number of nitrogens with two attached hydrogens (primary N) is 1. The first kappa shape index (κ1) is 8.02. The summed E-state index contributed by atoms with van der Waals surface area (Å²) in [6.07, 6.45) is 3.61. The molecule has 3 heteroatoms. The Bertz CT molecular complexity index is 202. The minimum Gasteiger partial charge on any atom is -0.369 e. The fourth-order valence-electron chi connectivity index (χ4n) is 2.51. The van der Waals surface area contributed by atoms with E-state index >= 15 is 0 Å². The second kappa shape index (κ2) is 2.21. The zero-order valence-electron chi connectivity index (χ0n) is 7.11. The normalized spacial score (nSPS) is 46.1. The minimum absolute atomic E-state index is 0.218. The van der Waals surface area contributed by atoms with Gasteiger partial charge in [0.05, 0.1) is 0 Å². The van der Waals surface area contributed by atoms with Crippen LogP contribution >= 0.6 is 0 Å². The van der Waals surface area contributed by atoms with Crippen LogP contribution in [0.5, 0.6) is 0 Å². The van der Waals surface area contributed by atoms with Gasteiger partial charge in [-0.25, -0.2) is 4.39 Å². The van der Waals surface area contributed by atoms with Gasteiger partial charge in [-0.1, -0.05) is 0 Å². The molecule has 0 aromatic heterocycles. The zero-order valence-corrected chi connectivity index (χ0v) is 7.11. The van der Waals surface area contributed by atoms with Crippen molar-refractivity contribution in [1.29, 1.82) is 0 Å². The summed E-state index contributed by atoms with van der Waals surface area (Å²) in [6.45, 7) is 0. The maximum atomic E-state index is 13.6. The molecule has 0 aromatic rings. The molecule has 0 atom stereocenters. The lowest BCUT2D eigenvalue weighted by Gasteiger charge is -2.47. The van der Waals surface area contributed by atoms with Gasteiger partial charge in [0.25, 0.3) is 0 Å². The highest BCUT2D eigenvalue weighted by Gasteiger charge is 2.51. The van der Waals surface area contributed by atoms with Crippen LogP contribution in [-0.2, 0) is 4.79 Å². The molecule has 2 nitrogen and oxygen atoms in total. The van der Waals surface area contributed by atoms with Gasteiger partial charge < -0.3 is 5.73 Å². The molecule has 0 spiro atoms. The van der Waals surface area contributed by atoms with Crippen LogP contribution in [0, 0.1) is 5.41 Å². The summed E-state index contributed by atoms with van der Waals surface area (Å²) in [5.41, 5.74) is 4.02. The van der Waals surface area contributed by atoms with Crippen molar-refractivity contribution in [2.24, 2.45) is 11.1 Å². The number of hydrogen-bond acceptors (Lipinski definition) is 1. The van der Waals surface area contributed by atoms with E-state index in [4.69, 9.17) is 5.73 Å². The molecule has 0 aromatic carbocycles. The molecule has 0 aliphatic heterocycles. The molecule has 0 heterocycles. The fourth-order valence-corrected chi connectivity index (χ4v) is 2.51. The number of rotatable bonds is 1. The number of fused-ring (bicyclic) bond motifs is 3. The molecule has 0 radical (unpaired) electrons. The van der Waals surface area contributed by atoms with Gasteiger partial charge in [0.1, 0.15) is 5.67 Å². The molecule has 1 amide bonds. The molecule has 0 saturated heterocycles. The van der Waals surface area contributed by atoms with E-state index in [1.807, 2.05) is 0 Å². The monoisotopic (exact) mass is 171 g/mol. The van der Waals surface area contributed by atoms with E-state index in [1.54, 1.807) is 0 Å².